The van der Waals surface area contributed by atoms with Gasteiger partial charge in [0.2, 0.25) is 0 Å². The molecule has 1 rings (SSSR count). The van der Waals surface area contributed by atoms with Crippen molar-refractivity contribution in [2.24, 2.45) is 0 Å². The second-order valence-electron chi connectivity index (χ2n) is 2.29. The molecule has 3 nitrogen and oxygen atoms in total. The molecule has 1 aromatic rings. The van der Waals surface area contributed by atoms with Crippen LogP contribution in [0.3, 0.4) is 0 Å². The Morgan fingerprint density at radius 3 is 2.79 bits per heavy atom. The Hall–Kier alpha value is -1.24. The van der Waals surface area contributed by atoms with E-state index in [0.717, 1.165) is 0 Å². The van der Waals surface area contributed by atoms with Crippen LogP contribution in [0.25, 0.3) is 0 Å². The van der Waals surface area contributed by atoms with Crippen LogP contribution >= 0.6 is 23.2 Å². The maximum Gasteiger partial charge on any atom is 0.358 e. The molecule has 0 aliphatic rings. The summed E-state index contributed by atoms with van der Waals surface area (Å²) in [4.78, 5) is 15.0. The van der Waals surface area contributed by atoms with Crippen molar-refractivity contribution in [2.45, 2.75) is 0 Å². The minimum absolute atomic E-state index is 0.0394. The predicted molar refractivity (Wildman–Crippen MR) is 53.5 cm³/mol. The van der Waals surface area contributed by atoms with Gasteiger partial charge in [0.1, 0.15) is 5.69 Å². The third-order valence-corrected chi connectivity index (χ3v) is 2.22. The van der Waals surface area contributed by atoms with Gasteiger partial charge in [-0.05, 0) is 6.07 Å². The number of aromatic nitrogens is 1. The molecule has 0 aliphatic carbocycles. The Morgan fingerprint density at radius 2 is 2.29 bits per heavy atom. The quantitative estimate of drug-likeness (QED) is 0.548. The van der Waals surface area contributed by atoms with Crippen molar-refractivity contribution in [1.82, 2.24) is 4.98 Å². The number of pyridine rings is 1. The van der Waals surface area contributed by atoms with Gasteiger partial charge in [0.15, 0.2) is 5.69 Å². The lowest BCUT2D eigenvalue weighted by Crippen LogP contribution is -2.06. The van der Waals surface area contributed by atoms with Crippen LogP contribution in [0.2, 0.25) is 10.0 Å². The largest absolute Gasteiger partial charge is 0.464 e. The molecule has 14 heavy (non-hydrogen) atoms. The SMILES string of the molecule is C#Cc1cc(Cl)c(Cl)c(C(=O)OC)n1. The minimum Gasteiger partial charge on any atom is -0.464 e. The molecule has 0 N–H and O–H groups in total. The van der Waals surface area contributed by atoms with E-state index in [0.29, 0.717) is 0 Å². The van der Waals surface area contributed by atoms with E-state index in [1.54, 1.807) is 0 Å². The normalized spacial score (nSPS) is 9.29. The second-order valence-corrected chi connectivity index (χ2v) is 3.07. The first-order chi connectivity index (χ1) is 6.60. The zero-order chi connectivity index (χ0) is 10.7. The highest BCUT2D eigenvalue weighted by Gasteiger charge is 2.16. The molecular formula is C9H5Cl2NO2. The van der Waals surface area contributed by atoms with Gasteiger partial charge >= 0.3 is 5.97 Å². The van der Waals surface area contributed by atoms with Crippen LogP contribution in [0.1, 0.15) is 16.2 Å². The molecule has 0 unspecified atom stereocenters. The van der Waals surface area contributed by atoms with Gasteiger partial charge in [0.05, 0.1) is 17.2 Å². The summed E-state index contributed by atoms with van der Waals surface area (Å²) >= 11 is 11.5. The lowest BCUT2D eigenvalue weighted by molar-refractivity contribution is 0.0594. The zero-order valence-corrected chi connectivity index (χ0v) is 8.69. The lowest BCUT2D eigenvalue weighted by atomic mass is 10.3. The van der Waals surface area contributed by atoms with Crippen LogP contribution in [0.15, 0.2) is 6.07 Å². The third-order valence-electron chi connectivity index (χ3n) is 1.44. The molecule has 1 aromatic heterocycles. The van der Waals surface area contributed by atoms with Crippen LogP contribution < -0.4 is 0 Å². The topological polar surface area (TPSA) is 39.2 Å². The molecule has 0 saturated carbocycles. The number of terminal acetylenes is 1. The summed E-state index contributed by atoms with van der Waals surface area (Å²) in [5.41, 5.74) is 0.161. The summed E-state index contributed by atoms with van der Waals surface area (Å²) < 4.78 is 4.46. The number of rotatable bonds is 1. The molecule has 0 aliphatic heterocycles. The lowest BCUT2D eigenvalue weighted by Gasteiger charge is -2.03. The maximum atomic E-state index is 11.2. The maximum absolute atomic E-state index is 11.2. The zero-order valence-electron chi connectivity index (χ0n) is 7.17. The summed E-state index contributed by atoms with van der Waals surface area (Å²) in [5, 5.41) is 0.215. The van der Waals surface area contributed by atoms with Crippen LogP contribution in [0.5, 0.6) is 0 Å². The number of nitrogens with zero attached hydrogens (tertiary/aromatic N) is 1. The van der Waals surface area contributed by atoms with E-state index in [-0.39, 0.29) is 21.4 Å². The fourth-order valence-electron chi connectivity index (χ4n) is 0.804. The Bertz CT molecular complexity index is 424. The highest BCUT2D eigenvalue weighted by atomic mass is 35.5. The molecule has 5 heteroatoms. The van der Waals surface area contributed by atoms with Crippen LogP contribution in [0.4, 0.5) is 0 Å². The fourth-order valence-corrected chi connectivity index (χ4v) is 1.17. The van der Waals surface area contributed by atoms with E-state index >= 15 is 0 Å². The number of ether oxygens (including phenoxy) is 1. The van der Waals surface area contributed by atoms with Crippen molar-refractivity contribution < 1.29 is 9.53 Å². The molecule has 0 fully saturated rings. The third kappa shape index (κ3) is 1.98. The van der Waals surface area contributed by atoms with E-state index in [2.05, 4.69) is 15.6 Å². The van der Waals surface area contributed by atoms with Gasteiger partial charge in [-0.15, -0.1) is 6.42 Å². The number of hydrogen-bond acceptors (Lipinski definition) is 3. The average Bonchev–Trinajstić information content (AvgIpc) is 2.20. The number of carbonyl (C=O) groups is 1. The molecule has 0 amide bonds. The molecular weight excluding hydrogens is 225 g/mol. The number of halogens is 2. The van der Waals surface area contributed by atoms with E-state index in [1.807, 2.05) is 0 Å². The molecule has 0 aromatic carbocycles. The smallest absolute Gasteiger partial charge is 0.358 e. The Kier molecular flexibility index (Phi) is 3.34. The molecule has 0 radical (unpaired) electrons. The van der Waals surface area contributed by atoms with Crippen molar-refractivity contribution in [3.63, 3.8) is 0 Å². The van der Waals surface area contributed by atoms with Gasteiger partial charge in [-0.3, -0.25) is 0 Å². The Balaban J connectivity index is 3.36. The van der Waals surface area contributed by atoms with E-state index in [1.165, 1.54) is 13.2 Å². The summed E-state index contributed by atoms with van der Waals surface area (Å²) in [6.45, 7) is 0. The van der Waals surface area contributed by atoms with E-state index < -0.39 is 5.97 Å². The van der Waals surface area contributed by atoms with Gasteiger partial charge in [0, 0.05) is 0 Å². The second kappa shape index (κ2) is 4.32. The molecule has 0 spiro atoms. The number of carbonyl (C=O) groups excluding carboxylic acids is 1. The van der Waals surface area contributed by atoms with Gasteiger partial charge in [-0.1, -0.05) is 29.1 Å². The minimum atomic E-state index is -0.672. The molecule has 72 valence electrons. The molecule has 0 atom stereocenters. The van der Waals surface area contributed by atoms with Crippen molar-refractivity contribution in [3.05, 3.63) is 27.5 Å². The summed E-state index contributed by atoms with van der Waals surface area (Å²) in [6.07, 6.45) is 5.11. The van der Waals surface area contributed by atoms with Gasteiger partial charge in [0.25, 0.3) is 0 Å². The van der Waals surface area contributed by atoms with E-state index in [4.69, 9.17) is 29.6 Å². The van der Waals surface area contributed by atoms with Gasteiger partial charge < -0.3 is 4.74 Å². The highest BCUT2D eigenvalue weighted by molar-refractivity contribution is 6.43. The van der Waals surface area contributed by atoms with Gasteiger partial charge in [-0.2, -0.15) is 0 Å². The number of methoxy groups -OCH3 is 1. The number of esters is 1. The summed E-state index contributed by atoms with van der Waals surface area (Å²) in [6, 6.07) is 1.40. The Morgan fingerprint density at radius 1 is 1.64 bits per heavy atom. The van der Waals surface area contributed by atoms with E-state index in [9.17, 15) is 4.79 Å². The van der Waals surface area contributed by atoms with Crippen LogP contribution in [0, 0.1) is 12.3 Å². The van der Waals surface area contributed by atoms with Gasteiger partial charge in [-0.25, -0.2) is 9.78 Å². The first-order valence-electron chi connectivity index (χ1n) is 3.51. The van der Waals surface area contributed by atoms with Crippen LogP contribution in [-0.4, -0.2) is 18.1 Å². The standard InChI is InChI=1S/C9H5Cl2NO2/c1-3-5-4-6(10)7(11)8(12-5)9(13)14-2/h1,4H,2H3. The van der Waals surface area contributed by atoms with Crippen molar-refractivity contribution in [2.75, 3.05) is 7.11 Å². The first-order valence-corrected chi connectivity index (χ1v) is 4.26. The first kappa shape index (κ1) is 10.8. The monoisotopic (exact) mass is 229 g/mol. The predicted octanol–water partition coefficient (Wildman–Crippen LogP) is 2.16. The molecule has 0 saturated heterocycles. The Labute approximate surface area is 91.0 Å². The highest BCUT2D eigenvalue weighted by Crippen LogP contribution is 2.25. The van der Waals surface area contributed by atoms with Crippen molar-refractivity contribution >= 4 is 29.2 Å². The van der Waals surface area contributed by atoms with Crippen molar-refractivity contribution in [3.8, 4) is 12.3 Å². The number of hydrogen-bond donors (Lipinski definition) is 0. The van der Waals surface area contributed by atoms with Crippen molar-refractivity contribution in [1.29, 1.82) is 0 Å². The molecule has 1 heterocycles. The molecule has 0 bridgehead atoms. The average molecular weight is 230 g/mol. The summed E-state index contributed by atoms with van der Waals surface area (Å²) in [7, 11) is 1.22. The fraction of sp³-hybridized carbons (Fsp3) is 0.111. The van der Waals surface area contributed by atoms with Crippen LogP contribution in [-0.2, 0) is 4.74 Å². The summed E-state index contributed by atoms with van der Waals surface area (Å²) in [5.74, 6) is 1.58.